The molecule has 7 heteroatoms. The Morgan fingerprint density at radius 2 is 1.95 bits per heavy atom. The molecule has 6 nitrogen and oxygen atoms in total. The van der Waals surface area contributed by atoms with Crippen LogP contribution in [0.3, 0.4) is 0 Å². The molecule has 0 atom stereocenters. The number of amides is 2. The van der Waals surface area contributed by atoms with Crippen LogP contribution < -0.4 is 4.90 Å². The van der Waals surface area contributed by atoms with E-state index in [0.717, 1.165) is 4.47 Å². The number of nitrogens with zero attached hydrogens (tertiary/aromatic N) is 4. The van der Waals surface area contributed by atoms with Crippen LogP contribution >= 0.6 is 15.9 Å². The zero-order valence-corrected chi connectivity index (χ0v) is 13.4. The van der Waals surface area contributed by atoms with Crippen molar-refractivity contribution in [1.29, 1.82) is 0 Å². The molecular weight excluding hydrogens is 336 g/mol. The molecule has 0 spiro atoms. The standard InChI is InChI=1S/C14H13BrN4O2/c1-17(2)7-10-13(21)19-11-5-4-8(15)6-9(11)12(20)18(3)14(19)16-10/h4-7H,1-3H3/b10-7-. The first-order valence-corrected chi connectivity index (χ1v) is 7.08. The number of hydrogen-bond acceptors (Lipinski definition) is 4. The van der Waals surface area contributed by atoms with Crippen molar-refractivity contribution in [2.24, 2.45) is 4.99 Å². The highest BCUT2D eigenvalue weighted by Gasteiger charge is 2.42. The summed E-state index contributed by atoms with van der Waals surface area (Å²) < 4.78 is 0.791. The number of halogens is 1. The number of anilines is 1. The van der Waals surface area contributed by atoms with Crippen LogP contribution in [0.5, 0.6) is 0 Å². The molecule has 2 heterocycles. The van der Waals surface area contributed by atoms with Gasteiger partial charge in [-0.25, -0.2) is 9.89 Å². The van der Waals surface area contributed by atoms with Gasteiger partial charge >= 0.3 is 0 Å². The second kappa shape index (κ2) is 4.70. The normalized spacial score (nSPS) is 18.9. The average molecular weight is 349 g/mol. The molecule has 0 aliphatic carbocycles. The Bertz CT molecular complexity index is 724. The highest BCUT2D eigenvalue weighted by atomic mass is 79.9. The molecule has 0 saturated heterocycles. The van der Waals surface area contributed by atoms with Crippen molar-refractivity contribution in [1.82, 2.24) is 9.80 Å². The molecule has 1 aromatic rings. The van der Waals surface area contributed by atoms with Crippen LogP contribution in [0.2, 0.25) is 0 Å². The lowest BCUT2D eigenvalue weighted by Crippen LogP contribution is -2.49. The number of fused-ring (bicyclic) bond motifs is 3. The first-order valence-electron chi connectivity index (χ1n) is 6.29. The van der Waals surface area contributed by atoms with E-state index in [0.29, 0.717) is 22.9 Å². The molecule has 0 N–H and O–H groups in total. The maximum Gasteiger partial charge on any atom is 0.285 e. The summed E-state index contributed by atoms with van der Waals surface area (Å²) in [5.41, 5.74) is 1.35. The third-order valence-electron chi connectivity index (χ3n) is 3.26. The number of benzene rings is 1. The minimum atomic E-state index is -0.235. The third kappa shape index (κ3) is 2.04. The molecule has 21 heavy (non-hydrogen) atoms. The van der Waals surface area contributed by atoms with E-state index in [1.165, 1.54) is 9.80 Å². The van der Waals surface area contributed by atoms with Crippen molar-refractivity contribution < 1.29 is 9.59 Å². The van der Waals surface area contributed by atoms with E-state index in [-0.39, 0.29) is 11.8 Å². The molecule has 2 aliphatic rings. The van der Waals surface area contributed by atoms with Gasteiger partial charge in [0, 0.05) is 31.8 Å². The Labute approximate surface area is 130 Å². The molecule has 2 aliphatic heterocycles. The van der Waals surface area contributed by atoms with Gasteiger partial charge in [0.1, 0.15) is 5.70 Å². The molecular formula is C14H13BrN4O2. The Morgan fingerprint density at radius 3 is 2.62 bits per heavy atom. The lowest BCUT2D eigenvalue weighted by molar-refractivity contribution is -0.114. The van der Waals surface area contributed by atoms with Gasteiger partial charge in [0.05, 0.1) is 11.3 Å². The van der Waals surface area contributed by atoms with Crippen LogP contribution in [-0.2, 0) is 4.79 Å². The summed E-state index contributed by atoms with van der Waals surface area (Å²) >= 11 is 3.35. The number of guanidine groups is 1. The quantitative estimate of drug-likeness (QED) is 0.725. The fourth-order valence-corrected chi connectivity index (χ4v) is 2.69. The molecule has 0 radical (unpaired) electrons. The molecule has 108 valence electrons. The average Bonchev–Trinajstić information content (AvgIpc) is 2.73. The van der Waals surface area contributed by atoms with Crippen LogP contribution in [0.15, 0.2) is 39.6 Å². The predicted molar refractivity (Wildman–Crippen MR) is 82.9 cm³/mol. The van der Waals surface area contributed by atoms with Gasteiger partial charge in [-0.15, -0.1) is 0 Å². The van der Waals surface area contributed by atoms with Crippen LogP contribution in [0.4, 0.5) is 5.69 Å². The maximum absolute atomic E-state index is 12.5. The van der Waals surface area contributed by atoms with Crippen molar-refractivity contribution in [3.8, 4) is 0 Å². The summed E-state index contributed by atoms with van der Waals surface area (Å²) in [6, 6.07) is 5.26. The van der Waals surface area contributed by atoms with Gasteiger partial charge in [0.15, 0.2) is 0 Å². The van der Waals surface area contributed by atoms with E-state index >= 15 is 0 Å². The van der Waals surface area contributed by atoms with Gasteiger partial charge in [-0.05, 0) is 18.2 Å². The minimum absolute atomic E-state index is 0.180. The Kier molecular flexibility index (Phi) is 3.09. The Balaban J connectivity index is 2.19. The Morgan fingerprint density at radius 1 is 1.24 bits per heavy atom. The van der Waals surface area contributed by atoms with Gasteiger partial charge in [-0.2, -0.15) is 0 Å². The van der Waals surface area contributed by atoms with Gasteiger partial charge in [-0.3, -0.25) is 14.5 Å². The van der Waals surface area contributed by atoms with E-state index in [1.807, 2.05) is 14.1 Å². The van der Waals surface area contributed by atoms with Crippen molar-refractivity contribution in [3.63, 3.8) is 0 Å². The Hall–Kier alpha value is -2.15. The van der Waals surface area contributed by atoms with Gasteiger partial charge < -0.3 is 4.90 Å². The molecule has 0 aromatic heterocycles. The van der Waals surface area contributed by atoms with Crippen molar-refractivity contribution in [2.45, 2.75) is 0 Å². The molecule has 0 saturated carbocycles. The number of aliphatic imine (C=N–C) groups is 1. The summed E-state index contributed by atoms with van der Waals surface area (Å²) in [5, 5.41) is 0. The fraction of sp³-hybridized carbons (Fsp3) is 0.214. The molecule has 0 fully saturated rings. The maximum atomic E-state index is 12.5. The molecule has 1 aromatic carbocycles. The van der Waals surface area contributed by atoms with Crippen LogP contribution in [0, 0.1) is 0 Å². The van der Waals surface area contributed by atoms with Crippen molar-refractivity contribution >= 4 is 39.4 Å². The lowest BCUT2D eigenvalue weighted by atomic mass is 10.1. The number of rotatable bonds is 1. The summed E-state index contributed by atoms with van der Waals surface area (Å²) in [5.74, 6) is -0.0743. The van der Waals surface area contributed by atoms with Crippen LogP contribution in [0.1, 0.15) is 10.4 Å². The zero-order chi connectivity index (χ0) is 15.3. The van der Waals surface area contributed by atoms with E-state index in [2.05, 4.69) is 20.9 Å². The van der Waals surface area contributed by atoms with Crippen molar-refractivity contribution in [3.05, 3.63) is 40.1 Å². The second-order valence-corrected chi connectivity index (χ2v) is 5.97. The van der Waals surface area contributed by atoms with Crippen LogP contribution in [-0.4, -0.2) is 48.7 Å². The summed E-state index contributed by atoms with van der Waals surface area (Å²) in [6.45, 7) is 0. The monoisotopic (exact) mass is 348 g/mol. The summed E-state index contributed by atoms with van der Waals surface area (Å²) in [4.78, 5) is 33.8. The number of carbonyl (C=O) groups excluding carboxylic acids is 2. The van der Waals surface area contributed by atoms with Gasteiger partial charge in [-0.1, -0.05) is 15.9 Å². The third-order valence-corrected chi connectivity index (χ3v) is 3.75. The topological polar surface area (TPSA) is 56.2 Å². The first kappa shape index (κ1) is 13.8. The van der Waals surface area contributed by atoms with E-state index in [4.69, 9.17) is 0 Å². The largest absolute Gasteiger partial charge is 0.382 e. The molecule has 3 rings (SSSR count). The zero-order valence-electron chi connectivity index (χ0n) is 11.8. The number of hydrogen-bond donors (Lipinski definition) is 0. The van der Waals surface area contributed by atoms with Crippen molar-refractivity contribution in [2.75, 3.05) is 26.0 Å². The SMILES string of the molecule is CN(C)/C=C1\N=C2N(C)C(=O)c3cc(Br)ccc3N2C1=O. The first-order chi connectivity index (χ1) is 9.90. The summed E-state index contributed by atoms with van der Waals surface area (Å²) in [7, 11) is 5.25. The van der Waals surface area contributed by atoms with E-state index in [9.17, 15) is 9.59 Å². The second-order valence-electron chi connectivity index (χ2n) is 5.06. The lowest BCUT2D eigenvalue weighted by Gasteiger charge is -2.31. The molecule has 0 unspecified atom stereocenters. The van der Waals surface area contributed by atoms with E-state index in [1.54, 1.807) is 36.3 Å². The highest BCUT2D eigenvalue weighted by molar-refractivity contribution is 9.10. The van der Waals surface area contributed by atoms with Gasteiger partial charge in [0.2, 0.25) is 5.96 Å². The fourth-order valence-electron chi connectivity index (χ4n) is 2.33. The minimum Gasteiger partial charge on any atom is -0.382 e. The van der Waals surface area contributed by atoms with E-state index < -0.39 is 0 Å². The predicted octanol–water partition coefficient (Wildman–Crippen LogP) is 1.64. The highest BCUT2D eigenvalue weighted by Crippen LogP contribution is 2.34. The molecule has 2 amide bonds. The van der Waals surface area contributed by atoms with Gasteiger partial charge in [0.25, 0.3) is 11.8 Å². The smallest absolute Gasteiger partial charge is 0.285 e. The molecule has 0 bridgehead atoms. The number of carbonyl (C=O) groups is 2. The van der Waals surface area contributed by atoms with Crippen LogP contribution in [0.25, 0.3) is 0 Å². The summed E-state index contributed by atoms with van der Waals surface area (Å²) in [6.07, 6.45) is 1.64.